The molecule has 0 saturated heterocycles. The summed E-state index contributed by atoms with van der Waals surface area (Å²) in [7, 11) is 0. The smallest absolute Gasteiger partial charge is 0.232 e. The molecule has 0 aliphatic rings. The maximum atomic E-state index is 10.2. The van der Waals surface area contributed by atoms with Crippen LogP contribution < -0.4 is 4.72 Å². The van der Waals surface area contributed by atoms with Crippen LogP contribution in [-0.2, 0) is 17.8 Å². The van der Waals surface area contributed by atoms with E-state index in [4.69, 9.17) is 4.55 Å². The first-order valence-corrected chi connectivity index (χ1v) is 4.41. The van der Waals surface area contributed by atoms with Crippen molar-refractivity contribution in [3.05, 3.63) is 23.8 Å². The fourth-order valence-corrected chi connectivity index (χ4v) is 0.918. The molecule has 0 amide bonds. The van der Waals surface area contributed by atoms with Crippen LogP contribution in [0.5, 0.6) is 0 Å². The Morgan fingerprint density at radius 2 is 2.33 bits per heavy atom. The molecular formula is C6H9N3O2S. The van der Waals surface area contributed by atoms with Crippen LogP contribution in [0.25, 0.3) is 0 Å². The van der Waals surface area contributed by atoms with Gasteiger partial charge in [-0.25, -0.2) is 8.93 Å². The van der Waals surface area contributed by atoms with Crippen molar-refractivity contribution in [2.45, 2.75) is 13.5 Å². The third-order valence-corrected chi connectivity index (χ3v) is 1.60. The van der Waals surface area contributed by atoms with Gasteiger partial charge in [-0.05, 0) is 6.92 Å². The number of nitrogens with zero attached hydrogens (tertiary/aromatic N) is 2. The fourth-order valence-electron chi connectivity index (χ4n) is 0.646. The summed E-state index contributed by atoms with van der Waals surface area (Å²) >= 11 is -1.99. The van der Waals surface area contributed by atoms with Crippen LogP contribution in [0.4, 0.5) is 0 Å². The van der Waals surface area contributed by atoms with Gasteiger partial charge in [0, 0.05) is 6.20 Å². The Balaban J connectivity index is 2.53. The van der Waals surface area contributed by atoms with E-state index in [9.17, 15) is 4.21 Å². The summed E-state index contributed by atoms with van der Waals surface area (Å²) < 4.78 is 20.9. The van der Waals surface area contributed by atoms with E-state index >= 15 is 0 Å². The van der Waals surface area contributed by atoms with E-state index in [-0.39, 0.29) is 6.54 Å². The molecule has 0 spiro atoms. The monoisotopic (exact) mass is 187 g/mol. The first-order valence-electron chi connectivity index (χ1n) is 3.30. The molecule has 66 valence electrons. The molecule has 0 bridgehead atoms. The van der Waals surface area contributed by atoms with E-state index in [2.05, 4.69) is 14.7 Å². The maximum absolute atomic E-state index is 10.2. The number of rotatable bonds is 3. The SMILES string of the molecule is Cc1cnc(CNS(=O)O)cn1. The van der Waals surface area contributed by atoms with Gasteiger partial charge in [-0.2, -0.15) is 0 Å². The maximum Gasteiger partial charge on any atom is 0.232 e. The lowest BCUT2D eigenvalue weighted by Crippen LogP contribution is -2.16. The van der Waals surface area contributed by atoms with Crippen molar-refractivity contribution >= 4 is 11.3 Å². The van der Waals surface area contributed by atoms with Crippen molar-refractivity contribution in [2.75, 3.05) is 0 Å². The largest absolute Gasteiger partial charge is 0.294 e. The predicted octanol–water partition coefficient (Wildman–Crippen LogP) is 0.0113. The Bertz CT molecular complexity index is 275. The van der Waals surface area contributed by atoms with E-state index in [1.807, 2.05) is 6.92 Å². The molecule has 1 unspecified atom stereocenters. The molecule has 1 aromatic heterocycles. The summed E-state index contributed by atoms with van der Waals surface area (Å²) in [5, 5.41) is 0. The Morgan fingerprint density at radius 3 is 2.83 bits per heavy atom. The Labute approximate surface area is 72.7 Å². The molecule has 12 heavy (non-hydrogen) atoms. The third-order valence-electron chi connectivity index (χ3n) is 1.21. The normalized spacial score (nSPS) is 12.8. The minimum Gasteiger partial charge on any atom is -0.294 e. The van der Waals surface area contributed by atoms with Gasteiger partial charge in [-0.3, -0.25) is 14.5 Å². The first-order chi connectivity index (χ1) is 5.68. The van der Waals surface area contributed by atoms with Gasteiger partial charge < -0.3 is 0 Å². The summed E-state index contributed by atoms with van der Waals surface area (Å²) in [6, 6.07) is 0. The van der Waals surface area contributed by atoms with Gasteiger partial charge in [0.05, 0.1) is 24.1 Å². The predicted molar refractivity (Wildman–Crippen MR) is 44.4 cm³/mol. The molecule has 5 nitrogen and oxygen atoms in total. The molecule has 0 aliphatic carbocycles. The zero-order valence-electron chi connectivity index (χ0n) is 6.52. The van der Waals surface area contributed by atoms with Crippen molar-refractivity contribution in [3.8, 4) is 0 Å². The molecule has 1 aromatic rings. The molecule has 2 N–H and O–H groups in total. The molecule has 0 radical (unpaired) electrons. The van der Waals surface area contributed by atoms with Crippen LogP contribution in [0.1, 0.15) is 11.4 Å². The lowest BCUT2D eigenvalue weighted by atomic mass is 10.4. The van der Waals surface area contributed by atoms with Crippen LogP contribution in [-0.4, -0.2) is 18.7 Å². The zero-order valence-corrected chi connectivity index (χ0v) is 7.34. The fraction of sp³-hybridized carbons (Fsp3) is 0.333. The van der Waals surface area contributed by atoms with Crippen molar-refractivity contribution < 1.29 is 8.76 Å². The Kier molecular flexibility index (Phi) is 3.27. The van der Waals surface area contributed by atoms with E-state index in [0.29, 0.717) is 5.69 Å². The van der Waals surface area contributed by atoms with Crippen molar-refractivity contribution in [1.82, 2.24) is 14.7 Å². The van der Waals surface area contributed by atoms with Crippen LogP contribution in [0.2, 0.25) is 0 Å². The summed E-state index contributed by atoms with van der Waals surface area (Å²) in [5.41, 5.74) is 1.46. The Hall–Kier alpha value is -0.850. The van der Waals surface area contributed by atoms with Crippen molar-refractivity contribution in [2.24, 2.45) is 0 Å². The summed E-state index contributed by atoms with van der Waals surface area (Å²) in [6.45, 7) is 2.07. The second kappa shape index (κ2) is 4.24. The highest BCUT2D eigenvalue weighted by molar-refractivity contribution is 7.77. The molecular weight excluding hydrogens is 178 g/mol. The lowest BCUT2D eigenvalue weighted by Gasteiger charge is -1.98. The average molecular weight is 187 g/mol. The number of nitrogens with one attached hydrogen (secondary N) is 1. The van der Waals surface area contributed by atoms with Crippen molar-refractivity contribution in [3.63, 3.8) is 0 Å². The molecule has 0 fully saturated rings. The summed E-state index contributed by atoms with van der Waals surface area (Å²) in [6.07, 6.45) is 3.17. The minimum atomic E-state index is -1.99. The van der Waals surface area contributed by atoms with Gasteiger partial charge in [0.25, 0.3) is 0 Å². The van der Waals surface area contributed by atoms with Crippen LogP contribution in [0, 0.1) is 6.92 Å². The van der Waals surface area contributed by atoms with Gasteiger partial charge in [0.15, 0.2) is 0 Å². The van der Waals surface area contributed by atoms with Gasteiger partial charge in [-0.15, -0.1) is 0 Å². The quantitative estimate of drug-likeness (QED) is 0.654. The summed E-state index contributed by atoms with van der Waals surface area (Å²) in [4.78, 5) is 7.95. The van der Waals surface area contributed by atoms with E-state index < -0.39 is 11.3 Å². The van der Waals surface area contributed by atoms with Crippen LogP contribution >= 0.6 is 0 Å². The number of hydrogen-bond donors (Lipinski definition) is 2. The topological polar surface area (TPSA) is 75.1 Å². The standard InChI is InChI=1S/C6H9N3O2S/c1-5-2-8-6(3-7-5)4-9-12(10)11/h2-3,9H,4H2,1H3,(H,10,11). The van der Waals surface area contributed by atoms with Crippen molar-refractivity contribution in [1.29, 1.82) is 0 Å². The lowest BCUT2D eigenvalue weighted by molar-refractivity contribution is 0.548. The molecule has 0 saturated carbocycles. The molecule has 1 heterocycles. The average Bonchev–Trinajstić information content (AvgIpc) is 2.03. The van der Waals surface area contributed by atoms with Gasteiger partial charge in [0.2, 0.25) is 11.3 Å². The summed E-state index contributed by atoms with van der Waals surface area (Å²) in [5.74, 6) is 0. The van der Waals surface area contributed by atoms with Crippen LogP contribution in [0.3, 0.4) is 0 Å². The molecule has 0 aromatic carbocycles. The molecule has 0 aliphatic heterocycles. The zero-order chi connectivity index (χ0) is 8.97. The second-order valence-electron chi connectivity index (χ2n) is 2.22. The van der Waals surface area contributed by atoms with Gasteiger partial charge in [0.1, 0.15) is 0 Å². The molecule has 1 rings (SSSR count). The van der Waals surface area contributed by atoms with Gasteiger partial charge >= 0.3 is 0 Å². The number of aryl methyl sites for hydroxylation is 1. The number of aromatic nitrogens is 2. The van der Waals surface area contributed by atoms with E-state index in [1.165, 1.54) is 0 Å². The van der Waals surface area contributed by atoms with E-state index in [1.54, 1.807) is 12.4 Å². The van der Waals surface area contributed by atoms with Gasteiger partial charge in [-0.1, -0.05) is 0 Å². The highest BCUT2D eigenvalue weighted by atomic mass is 32.2. The number of hydrogen-bond acceptors (Lipinski definition) is 3. The molecule has 1 atom stereocenters. The van der Waals surface area contributed by atoms with E-state index in [0.717, 1.165) is 5.69 Å². The molecule has 6 heteroatoms. The third kappa shape index (κ3) is 3.04. The highest BCUT2D eigenvalue weighted by Gasteiger charge is 1.96. The van der Waals surface area contributed by atoms with Crippen LogP contribution in [0.15, 0.2) is 12.4 Å². The Morgan fingerprint density at radius 1 is 1.58 bits per heavy atom. The minimum absolute atomic E-state index is 0.246. The first kappa shape index (κ1) is 9.24. The highest BCUT2D eigenvalue weighted by Crippen LogP contribution is 1.92. The second-order valence-corrected chi connectivity index (χ2v) is 3.01.